The zero-order valence-corrected chi connectivity index (χ0v) is 15.0. The fraction of sp³-hybridized carbons (Fsp3) is 0.235. The average molecular weight is 374 g/mol. The van der Waals surface area contributed by atoms with E-state index in [-0.39, 0.29) is 10.6 Å². The number of hydrogen-bond donors (Lipinski definition) is 0. The molecule has 1 fully saturated rings. The summed E-state index contributed by atoms with van der Waals surface area (Å²) >= 11 is 8.01. The lowest BCUT2D eigenvalue weighted by Crippen LogP contribution is -2.47. The number of para-hydroxylation sites is 1. The van der Waals surface area contributed by atoms with Crippen molar-refractivity contribution in [3.05, 3.63) is 63.5 Å². The van der Waals surface area contributed by atoms with Crippen molar-refractivity contribution in [3.63, 3.8) is 0 Å². The maximum absolute atomic E-state index is 12.6. The van der Waals surface area contributed by atoms with Gasteiger partial charge in [-0.05, 0) is 12.1 Å². The van der Waals surface area contributed by atoms with Crippen molar-refractivity contribution in [1.82, 2.24) is 14.8 Å². The number of aromatic nitrogens is 3. The highest BCUT2D eigenvalue weighted by Gasteiger charge is 2.22. The summed E-state index contributed by atoms with van der Waals surface area (Å²) in [7, 11) is 0. The second kappa shape index (κ2) is 6.85. The predicted octanol–water partition coefficient (Wildman–Crippen LogP) is 2.67. The van der Waals surface area contributed by atoms with E-state index in [1.54, 1.807) is 17.5 Å². The van der Waals surface area contributed by atoms with E-state index < -0.39 is 0 Å². The molecule has 0 amide bonds. The number of rotatable bonds is 3. The molecule has 0 radical (unpaired) electrons. The smallest absolute Gasteiger partial charge is 0.292 e. The summed E-state index contributed by atoms with van der Waals surface area (Å²) in [5, 5.41) is 7.53. The van der Waals surface area contributed by atoms with Gasteiger partial charge in [0.1, 0.15) is 5.02 Å². The van der Waals surface area contributed by atoms with Gasteiger partial charge >= 0.3 is 0 Å². The Labute approximate surface area is 153 Å². The number of halogens is 1. The minimum atomic E-state index is -0.298. The van der Waals surface area contributed by atoms with Crippen molar-refractivity contribution in [2.24, 2.45) is 0 Å². The monoisotopic (exact) mass is 373 g/mol. The van der Waals surface area contributed by atoms with Crippen LogP contribution in [0.3, 0.4) is 0 Å². The molecular weight excluding hydrogens is 358 g/mol. The molecule has 1 saturated heterocycles. The largest absolute Gasteiger partial charge is 0.365 e. The molecule has 0 unspecified atom stereocenters. The molecule has 0 bridgehead atoms. The molecule has 25 heavy (non-hydrogen) atoms. The van der Waals surface area contributed by atoms with Gasteiger partial charge in [0.05, 0.1) is 17.6 Å². The first kappa shape index (κ1) is 16.1. The molecule has 0 spiro atoms. The summed E-state index contributed by atoms with van der Waals surface area (Å²) in [4.78, 5) is 21.3. The lowest BCUT2D eigenvalue weighted by Gasteiger charge is -2.36. The lowest BCUT2D eigenvalue weighted by molar-refractivity contribution is 0.647. The Morgan fingerprint density at radius 3 is 2.44 bits per heavy atom. The highest BCUT2D eigenvalue weighted by Crippen LogP contribution is 2.25. The highest BCUT2D eigenvalue weighted by molar-refractivity contribution is 7.13. The Balaban J connectivity index is 1.56. The van der Waals surface area contributed by atoms with Crippen molar-refractivity contribution in [2.45, 2.75) is 0 Å². The fourth-order valence-electron chi connectivity index (χ4n) is 2.91. The molecule has 0 atom stereocenters. The van der Waals surface area contributed by atoms with Gasteiger partial charge in [0.15, 0.2) is 5.13 Å². The van der Waals surface area contributed by atoms with Crippen molar-refractivity contribution in [3.8, 4) is 5.69 Å². The molecule has 0 aliphatic carbocycles. The normalized spacial score (nSPS) is 14.8. The third-order valence-corrected chi connectivity index (χ3v) is 5.40. The summed E-state index contributed by atoms with van der Waals surface area (Å²) in [6.07, 6.45) is 3.49. The van der Waals surface area contributed by atoms with Gasteiger partial charge in [-0.15, -0.1) is 11.3 Å². The van der Waals surface area contributed by atoms with E-state index in [2.05, 4.69) is 19.9 Å². The summed E-state index contributed by atoms with van der Waals surface area (Å²) in [6.45, 7) is 3.22. The Kier molecular flexibility index (Phi) is 4.42. The van der Waals surface area contributed by atoms with E-state index in [0.717, 1.165) is 31.3 Å². The SMILES string of the molecule is O=c1c(Cl)c(N2CCN(c3nccs3)CC2)cnn1-c1ccccc1. The fourth-order valence-corrected chi connectivity index (χ4v) is 3.85. The summed E-state index contributed by atoms with van der Waals surface area (Å²) in [5.41, 5.74) is 1.10. The van der Waals surface area contributed by atoms with Gasteiger partial charge in [0.25, 0.3) is 5.56 Å². The summed E-state index contributed by atoms with van der Waals surface area (Å²) in [5.74, 6) is 0. The summed E-state index contributed by atoms with van der Waals surface area (Å²) in [6, 6.07) is 9.28. The molecule has 8 heteroatoms. The van der Waals surface area contributed by atoms with Gasteiger partial charge < -0.3 is 9.80 Å². The third kappa shape index (κ3) is 3.12. The standard InChI is InChI=1S/C17H16ClN5OS/c18-15-14(12-20-23(16(15)24)13-4-2-1-3-5-13)21-7-9-22(10-8-21)17-19-6-11-25-17/h1-6,11-12H,7-10H2. The van der Waals surface area contributed by atoms with Gasteiger partial charge in [-0.1, -0.05) is 29.8 Å². The number of nitrogens with zero attached hydrogens (tertiary/aromatic N) is 5. The van der Waals surface area contributed by atoms with Crippen LogP contribution in [0.25, 0.3) is 5.69 Å². The Morgan fingerprint density at radius 1 is 1.04 bits per heavy atom. The second-order valence-corrected chi connectivity index (χ2v) is 6.94. The van der Waals surface area contributed by atoms with Crippen LogP contribution in [0.15, 0.2) is 52.9 Å². The molecule has 0 N–H and O–H groups in total. The minimum Gasteiger partial charge on any atom is -0.365 e. The molecule has 1 aliphatic heterocycles. The van der Waals surface area contributed by atoms with Crippen LogP contribution in [0.4, 0.5) is 10.8 Å². The van der Waals surface area contributed by atoms with Crippen LogP contribution >= 0.6 is 22.9 Å². The van der Waals surface area contributed by atoms with Crippen LogP contribution in [0.5, 0.6) is 0 Å². The van der Waals surface area contributed by atoms with Gasteiger partial charge in [-0.3, -0.25) is 4.79 Å². The van der Waals surface area contributed by atoms with Crippen LogP contribution in [-0.4, -0.2) is 40.9 Å². The Morgan fingerprint density at radius 2 is 1.76 bits per heavy atom. The number of piperazine rings is 1. The average Bonchev–Trinajstić information content (AvgIpc) is 3.20. The Hall–Kier alpha value is -2.38. The van der Waals surface area contributed by atoms with Crippen LogP contribution in [0, 0.1) is 0 Å². The lowest BCUT2D eigenvalue weighted by atomic mass is 10.3. The number of anilines is 2. The first-order valence-corrected chi connectivity index (χ1v) is 9.22. The van der Waals surface area contributed by atoms with E-state index in [1.807, 2.05) is 41.9 Å². The maximum Gasteiger partial charge on any atom is 0.292 e. The zero-order valence-electron chi connectivity index (χ0n) is 13.4. The molecular formula is C17H16ClN5OS. The predicted molar refractivity (Wildman–Crippen MR) is 101 cm³/mol. The molecule has 128 valence electrons. The van der Waals surface area contributed by atoms with Crippen LogP contribution in [-0.2, 0) is 0 Å². The van der Waals surface area contributed by atoms with Crippen LogP contribution in [0.1, 0.15) is 0 Å². The molecule has 1 aliphatic rings. The number of hydrogen-bond acceptors (Lipinski definition) is 6. The van der Waals surface area contributed by atoms with Crippen molar-refractivity contribution in [1.29, 1.82) is 0 Å². The van der Waals surface area contributed by atoms with Gasteiger partial charge in [-0.25, -0.2) is 4.98 Å². The molecule has 1 aromatic carbocycles. The van der Waals surface area contributed by atoms with Gasteiger partial charge in [0, 0.05) is 37.8 Å². The van der Waals surface area contributed by atoms with Crippen molar-refractivity contribution >= 4 is 33.8 Å². The molecule has 4 rings (SSSR count). The van der Waals surface area contributed by atoms with Crippen molar-refractivity contribution in [2.75, 3.05) is 36.0 Å². The summed E-state index contributed by atoms with van der Waals surface area (Å²) < 4.78 is 1.33. The van der Waals surface area contributed by atoms with E-state index in [4.69, 9.17) is 11.6 Å². The maximum atomic E-state index is 12.6. The first-order valence-electron chi connectivity index (χ1n) is 7.96. The van der Waals surface area contributed by atoms with Crippen molar-refractivity contribution < 1.29 is 0 Å². The molecule has 2 aromatic heterocycles. The molecule has 3 heterocycles. The zero-order chi connectivity index (χ0) is 17.2. The van der Waals surface area contributed by atoms with E-state index in [9.17, 15) is 4.79 Å². The number of benzene rings is 1. The molecule has 6 nitrogen and oxygen atoms in total. The first-order chi connectivity index (χ1) is 12.2. The van der Waals surface area contributed by atoms with Crippen LogP contribution < -0.4 is 15.4 Å². The topological polar surface area (TPSA) is 54.3 Å². The Bertz CT molecular complexity index is 905. The van der Waals surface area contributed by atoms with E-state index in [0.29, 0.717) is 11.4 Å². The molecule has 0 saturated carbocycles. The van der Waals surface area contributed by atoms with E-state index >= 15 is 0 Å². The quantitative estimate of drug-likeness (QED) is 0.706. The van der Waals surface area contributed by atoms with Gasteiger partial charge in [-0.2, -0.15) is 9.78 Å². The molecule has 3 aromatic rings. The van der Waals surface area contributed by atoms with Crippen LogP contribution in [0.2, 0.25) is 5.02 Å². The minimum absolute atomic E-state index is 0.210. The third-order valence-electron chi connectivity index (χ3n) is 4.21. The van der Waals surface area contributed by atoms with E-state index in [1.165, 1.54) is 4.68 Å². The highest BCUT2D eigenvalue weighted by atomic mass is 35.5. The van der Waals surface area contributed by atoms with Gasteiger partial charge in [0.2, 0.25) is 0 Å². The second-order valence-electron chi connectivity index (χ2n) is 5.69. The number of thiazole rings is 1.